The normalized spacial score (nSPS) is 18.8. The third-order valence-corrected chi connectivity index (χ3v) is 6.80. The molecular formula is C26H49N3O. The Balaban J connectivity index is 2.13. The fourth-order valence-corrected chi connectivity index (χ4v) is 5.35. The van der Waals surface area contributed by atoms with Crippen molar-refractivity contribution in [3.05, 3.63) is 0 Å². The summed E-state index contributed by atoms with van der Waals surface area (Å²) in [5.41, 5.74) is -0.156. The molecule has 1 saturated heterocycles. The SMILES string of the molecule is CCCCCCCCCCCCCCC(=O)NC1CC(C)(C)N(CC#N)C(C)(C)C1. The summed E-state index contributed by atoms with van der Waals surface area (Å²) >= 11 is 0. The maximum absolute atomic E-state index is 12.4. The molecule has 30 heavy (non-hydrogen) atoms. The fraction of sp³-hybridized carbons (Fsp3) is 0.923. The molecule has 0 aromatic carbocycles. The van der Waals surface area contributed by atoms with E-state index in [1.54, 1.807) is 0 Å². The Morgan fingerprint density at radius 2 is 1.30 bits per heavy atom. The van der Waals surface area contributed by atoms with Gasteiger partial charge in [-0.3, -0.25) is 9.69 Å². The van der Waals surface area contributed by atoms with Gasteiger partial charge in [-0.1, -0.05) is 77.6 Å². The highest BCUT2D eigenvalue weighted by Crippen LogP contribution is 2.38. The minimum Gasteiger partial charge on any atom is -0.353 e. The molecule has 1 N–H and O–H groups in total. The van der Waals surface area contributed by atoms with Crippen molar-refractivity contribution in [2.75, 3.05) is 6.54 Å². The van der Waals surface area contributed by atoms with Gasteiger partial charge in [0.25, 0.3) is 0 Å². The van der Waals surface area contributed by atoms with Crippen LogP contribution in [0.5, 0.6) is 0 Å². The maximum atomic E-state index is 12.4. The zero-order valence-electron chi connectivity index (χ0n) is 20.7. The number of carbonyl (C=O) groups excluding carboxylic acids is 1. The van der Waals surface area contributed by atoms with E-state index in [1.807, 2.05) is 0 Å². The molecule has 4 heteroatoms. The zero-order valence-corrected chi connectivity index (χ0v) is 20.7. The van der Waals surface area contributed by atoms with Crippen LogP contribution >= 0.6 is 0 Å². The number of nitriles is 1. The topological polar surface area (TPSA) is 56.1 Å². The molecule has 1 rings (SSSR count). The van der Waals surface area contributed by atoms with Crippen LogP contribution in [0.4, 0.5) is 0 Å². The molecular weight excluding hydrogens is 370 g/mol. The van der Waals surface area contributed by atoms with Crippen LogP contribution in [0.15, 0.2) is 0 Å². The third kappa shape index (κ3) is 10.3. The van der Waals surface area contributed by atoms with E-state index in [0.717, 1.165) is 19.3 Å². The molecule has 1 aliphatic heterocycles. The predicted octanol–water partition coefficient (Wildman–Crippen LogP) is 6.74. The summed E-state index contributed by atoms with van der Waals surface area (Å²) in [6.45, 7) is 11.5. The maximum Gasteiger partial charge on any atom is 0.220 e. The Kier molecular flexibility index (Phi) is 12.6. The van der Waals surface area contributed by atoms with Gasteiger partial charge in [0.2, 0.25) is 5.91 Å². The molecule has 0 unspecified atom stereocenters. The van der Waals surface area contributed by atoms with Crippen molar-refractivity contribution < 1.29 is 4.79 Å². The van der Waals surface area contributed by atoms with Gasteiger partial charge in [-0.15, -0.1) is 0 Å². The van der Waals surface area contributed by atoms with E-state index < -0.39 is 0 Å². The van der Waals surface area contributed by atoms with Crippen LogP contribution in [0, 0.1) is 11.3 Å². The van der Waals surface area contributed by atoms with E-state index in [-0.39, 0.29) is 23.0 Å². The van der Waals surface area contributed by atoms with Crippen molar-refractivity contribution in [1.82, 2.24) is 10.2 Å². The Hall–Kier alpha value is -1.08. The second-order valence-electron chi connectivity index (χ2n) is 10.7. The summed E-state index contributed by atoms with van der Waals surface area (Å²) < 4.78 is 0. The summed E-state index contributed by atoms with van der Waals surface area (Å²) in [7, 11) is 0. The largest absolute Gasteiger partial charge is 0.353 e. The number of hydrogen-bond donors (Lipinski definition) is 1. The molecule has 0 aromatic heterocycles. The van der Waals surface area contributed by atoms with E-state index in [2.05, 4.69) is 50.9 Å². The number of unbranched alkanes of at least 4 members (excludes halogenated alkanes) is 11. The number of piperidine rings is 1. The quantitative estimate of drug-likeness (QED) is 0.236. The molecule has 1 heterocycles. The smallest absolute Gasteiger partial charge is 0.220 e. The number of carbonyl (C=O) groups is 1. The van der Waals surface area contributed by atoms with Crippen LogP contribution in [0.3, 0.4) is 0 Å². The Morgan fingerprint density at radius 3 is 1.73 bits per heavy atom. The lowest BCUT2D eigenvalue weighted by Crippen LogP contribution is -2.64. The molecule has 0 atom stereocenters. The lowest BCUT2D eigenvalue weighted by molar-refractivity contribution is -0.123. The highest BCUT2D eigenvalue weighted by molar-refractivity contribution is 5.76. The summed E-state index contributed by atoms with van der Waals surface area (Å²) in [6, 6.07) is 2.51. The molecule has 0 aromatic rings. The third-order valence-electron chi connectivity index (χ3n) is 6.80. The van der Waals surface area contributed by atoms with Gasteiger partial charge in [0.05, 0.1) is 12.6 Å². The number of nitrogens with one attached hydrogen (secondary N) is 1. The van der Waals surface area contributed by atoms with Crippen LogP contribution in [0.2, 0.25) is 0 Å². The number of nitrogens with zero attached hydrogens (tertiary/aromatic N) is 2. The summed E-state index contributed by atoms with van der Waals surface area (Å²) in [4.78, 5) is 14.7. The van der Waals surface area contributed by atoms with E-state index >= 15 is 0 Å². The van der Waals surface area contributed by atoms with Crippen LogP contribution in [0.25, 0.3) is 0 Å². The van der Waals surface area contributed by atoms with Gasteiger partial charge in [-0.05, 0) is 47.0 Å². The second-order valence-corrected chi connectivity index (χ2v) is 10.7. The average molecular weight is 420 g/mol. The lowest BCUT2D eigenvalue weighted by atomic mass is 9.77. The van der Waals surface area contributed by atoms with Gasteiger partial charge in [0.15, 0.2) is 0 Å². The molecule has 1 fully saturated rings. The fourth-order valence-electron chi connectivity index (χ4n) is 5.35. The predicted molar refractivity (Wildman–Crippen MR) is 127 cm³/mol. The first-order valence-electron chi connectivity index (χ1n) is 12.7. The molecule has 0 radical (unpaired) electrons. The van der Waals surface area contributed by atoms with Crippen molar-refractivity contribution >= 4 is 5.91 Å². The molecule has 0 bridgehead atoms. The van der Waals surface area contributed by atoms with E-state index in [0.29, 0.717) is 13.0 Å². The minimum absolute atomic E-state index is 0.0779. The van der Waals surface area contributed by atoms with Crippen molar-refractivity contribution in [2.24, 2.45) is 0 Å². The Labute approximate surface area is 187 Å². The van der Waals surface area contributed by atoms with Gasteiger partial charge in [0, 0.05) is 23.5 Å². The van der Waals surface area contributed by atoms with E-state index in [1.165, 1.54) is 70.6 Å². The minimum atomic E-state index is -0.0779. The lowest BCUT2D eigenvalue weighted by Gasteiger charge is -2.54. The van der Waals surface area contributed by atoms with Gasteiger partial charge < -0.3 is 5.32 Å². The van der Waals surface area contributed by atoms with Crippen LogP contribution in [-0.4, -0.2) is 34.5 Å². The molecule has 0 aliphatic carbocycles. The molecule has 0 spiro atoms. The van der Waals surface area contributed by atoms with Crippen molar-refractivity contribution in [3.8, 4) is 6.07 Å². The van der Waals surface area contributed by atoms with Crippen LogP contribution < -0.4 is 5.32 Å². The van der Waals surface area contributed by atoms with Crippen LogP contribution in [-0.2, 0) is 4.79 Å². The Bertz CT molecular complexity index is 503. The molecule has 1 aliphatic rings. The van der Waals surface area contributed by atoms with Crippen molar-refractivity contribution in [2.45, 2.75) is 148 Å². The average Bonchev–Trinajstić information content (AvgIpc) is 2.65. The standard InChI is InChI=1S/C26H49N3O/c1-6-7-8-9-10-11-12-13-14-15-16-17-18-24(30)28-23-21-25(2,3)29(20-19-27)26(4,5)22-23/h23H,6-18,20-22H2,1-5H3,(H,28,30). The summed E-state index contributed by atoms with van der Waals surface area (Å²) in [6.07, 6.45) is 18.3. The van der Waals surface area contributed by atoms with Crippen LogP contribution in [0.1, 0.15) is 131 Å². The van der Waals surface area contributed by atoms with Gasteiger partial charge in [0.1, 0.15) is 0 Å². The number of amides is 1. The number of hydrogen-bond acceptors (Lipinski definition) is 3. The van der Waals surface area contributed by atoms with E-state index in [4.69, 9.17) is 0 Å². The second kappa shape index (κ2) is 14.1. The molecule has 174 valence electrons. The zero-order chi connectivity index (χ0) is 22.5. The monoisotopic (exact) mass is 419 g/mol. The highest BCUT2D eigenvalue weighted by Gasteiger charge is 2.45. The molecule has 0 saturated carbocycles. The van der Waals surface area contributed by atoms with Crippen molar-refractivity contribution in [3.63, 3.8) is 0 Å². The first-order valence-corrected chi connectivity index (χ1v) is 12.7. The van der Waals surface area contributed by atoms with E-state index in [9.17, 15) is 10.1 Å². The first-order chi connectivity index (χ1) is 14.2. The van der Waals surface area contributed by atoms with Gasteiger partial charge >= 0.3 is 0 Å². The highest BCUT2D eigenvalue weighted by atomic mass is 16.1. The number of rotatable bonds is 15. The number of likely N-dealkylation sites (tertiary alicyclic amines) is 1. The van der Waals surface area contributed by atoms with Gasteiger partial charge in [-0.2, -0.15) is 5.26 Å². The van der Waals surface area contributed by atoms with Crippen molar-refractivity contribution in [1.29, 1.82) is 5.26 Å². The molecule has 4 nitrogen and oxygen atoms in total. The Morgan fingerprint density at radius 1 is 0.867 bits per heavy atom. The summed E-state index contributed by atoms with van der Waals surface area (Å²) in [5, 5.41) is 12.5. The molecule has 1 amide bonds. The first kappa shape index (κ1) is 27.0. The summed E-state index contributed by atoms with van der Waals surface area (Å²) in [5.74, 6) is 0.201. The van der Waals surface area contributed by atoms with Gasteiger partial charge in [-0.25, -0.2) is 0 Å².